The first-order chi connectivity index (χ1) is 15.3. The van der Waals surface area contributed by atoms with Crippen molar-refractivity contribution in [2.45, 2.75) is 121 Å². The summed E-state index contributed by atoms with van der Waals surface area (Å²) in [6, 6.07) is -1.59. The van der Waals surface area contributed by atoms with Crippen molar-refractivity contribution < 1.29 is 24.2 Å². The zero-order valence-corrected chi connectivity index (χ0v) is 22.0. The largest absolute Gasteiger partial charge is 0.480 e. The number of carboxylic acid groups (broad SMARTS) is 1. The molecule has 0 aromatic carbocycles. The van der Waals surface area contributed by atoms with Crippen molar-refractivity contribution >= 4 is 29.5 Å². The van der Waals surface area contributed by atoms with Gasteiger partial charge in [-0.15, -0.1) is 11.8 Å². The maximum absolute atomic E-state index is 13.6. The van der Waals surface area contributed by atoms with Crippen molar-refractivity contribution in [3.8, 4) is 0 Å². The molecular formula is C25H42N2O5S. The maximum Gasteiger partial charge on any atom is 0.327 e. The molecule has 0 bridgehead atoms. The Kier molecular flexibility index (Phi) is 7.79. The van der Waals surface area contributed by atoms with Crippen molar-refractivity contribution in [3.63, 3.8) is 0 Å². The van der Waals surface area contributed by atoms with Gasteiger partial charge in [0.15, 0.2) is 0 Å². The number of hydrogen-bond acceptors (Lipinski definition) is 5. The summed E-state index contributed by atoms with van der Waals surface area (Å²) in [7, 11) is 0. The smallest absolute Gasteiger partial charge is 0.327 e. The molecule has 3 fully saturated rings. The Labute approximate surface area is 202 Å². The first-order valence-corrected chi connectivity index (χ1v) is 13.4. The van der Waals surface area contributed by atoms with Crippen molar-refractivity contribution in [1.82, 2.24) is 10.2 Å². The zero-order chi connectivity index (χ0) is 24.7. The summed E-state index contributed by atoms with van der Waals surface area (Å²) in [5.41, 5.74) is -1.02. The summed E-state index contributed by atoms with van der Waals surface area (Å²) in [4.78, 5) is 39.7. The number of thioether (sulfide) groups is 1. The molecule has 0 aromatic heterocycles. The van der Waals surface area contributed by atoms with Gasteiger partial charge in [0.05, 0.1) is 6.10 Å². The van der Waals surface area contributed by atoms with Crippen LogP contribution in [0.4, 0.5) is 0 Å². The maximum atomic E-state index is 13.6. The number of carbonyl (C=O) groups is 3. The summed E-state index contributed by atoms with van der Waals surface area (Å²) in [6.45, 7) is 14.3. The monoisotopic (exact) mass is 482 g/mol. The van der Waals surface area contributed by atoms with E-state index < -0.39 is 28.4 Å². The Morgan fingerprint density at radius 1 is 1.33 bits per heavy atom. The molecule has 3 aliphatic rings. The fourth-order valence-corrected chi connectivity index (χ4v) is 7.39. The third kappa shape index (κ3) is 5.07. The lowest BCUT2D eigenvalue weighted by atomic mass is 9.75. The van der Waals surface area contributed by atoms with Crippen LogP contribution in [0.5, 0.6) is 0 Å². The van der Waals surface area contributed by atoms with E-state index in [4.69, 9.17) is 4.74 Å². The topological polar surface area (TPSA) is 95.9 Å². The van der Waals surface area contributed by atoms with Gasteiger partial charge < -0.3 is 20.1 Å². The van der Waals surface area contributed by atoms with Crippen LogP contribution in [-0.2, 0) is 19.1 Å². The van der Waals surface area contributed by atoms with E-state index in [0.717, 1.165) is 25.7 Å². The van der Waals surface area contributed by atoms with Gasteiger partial charge in [0.1, 0.15) is 23.1 Å². The van der Waals surface area contributed by atoms with Crippen molar-refractivity contribution in [2.75, 3.05) is 0 Å². The quantitative estimate of drug-likeness (QED) is 0.482. The Balaban J connectivity index is 1.76. The van der Waals surface area contributed by atoms with Gasteiger partial charge in [-0.3, -0.25) is 9.59 Å². The molecule has 8 heteroatoms. The predicted molar refractivity (Wildman–Crippen MR) is 130 cm³/mol. The van der Waals surface area contributed by atoms with Gasteiger partial charge in [-0.05, 0) is 57.8 Å². The lowest BCUT2D eigenvalue weighted by molar-refractivity contribution is -0.172. The van der Waals surface area contributed by atoms with E-state index in [1.807, 2.05) is 20.8 Å². The van der Waals surface area contributed by atoms with Crippen LogP contribution < -0.4 is 5.32 Å². The summed E-state index contributed by atoms with van der Waals surface area (Å²) < 4.78 is 6.05. The van der Waals surface area contributed by atoms with E-state index in [0.29, 0.717) is 24.2 Å². The summed E-state index contributed by atoms with van der Waals surface area (Å²) in [5, 5.41) is 12.2. The number of rotatable bonds is 9. The average molecular weight is 483 g/mol. The minimum absolute atomic E-state index is 0.0196. The molecule has 2 amide bonds. The second kappa shape index (κ2) is 9.76. The Morgan fingerprint density at radius 2 is 2.00 bits per heavy atom. The number of carboxylic acids is 1. The number of fused-ring (bicyclic) bond motifs is 1. The molecule has 2 aliphatic heterocycles. The van der Waals surface area contributed by atoms with Crippen LogP contribution in [0.25, 0.3) is 0 Å². The van der Waals surface area contributed by atoms with E-state index in [1.54, 1.807) is 0 Å². The zero-order valence-electron chi connectivity index (χ0n) is 21.2. The van der Waals surface area contributed by atoms with Gasteiger partial charge in [-0.2, -0.15) is 0 Å². The molecule has 2 saturated heterocycles. The van der Waals surface area contributed by atoms with E-state index in [-0.39, 0.29) is 23.3 Å². The number of aliphatic carboxylic acids is 1. The highest BCUT2D eigenvalue weighted by molar-refractivity contribution is 8.01. The average Bonchev–Trinajstić information content (AvgIpc) is 2.98. The molecule has 0 spiro atoms. The molecule has 0 radical (unpaired) electrons. The molecule has 3 rings (SSSR count). The normalized spacial score (nSPS) is 35.0. The van der Waals surface area contributed by atoms with Crippen LogP contribution in [0, 0.1) is 17.8 Å². The summed E-state index contributed by atoms with van der Waals surface area (Å²) >= 11 is 1.45. The molecule has 1 aliphatic carbocycles. The van der Waals surface area contributed by atoms with E-state index >= 15 is 0 Å². The van der Waals surface area contributed by atoms with Gasteiger partial charge in [-0.1, -0.05) is 47.0 Å². The predicted octanol–water partition coefficient (Wildman–Crippen LogP) is 4.04. The Morgan fingerprint density at radius 3 is 2.58 bits per heavy atom. The number of nitrogens with one attached hydrogen (secondary N) is 1. The van der Waals surface area contributed by atoms with Gasteiger partial charge in [0.2, 0.25) is 5.91 Å². The minimum atomic E-state index is -1.02. The molecule has 33 heavy (non-hydrogen) atoms. The van der Waals surface area contributed by atoms with Crippen LogP contribution >= 0.6 is 11.8 Å². The van der Waals surface area contributed by atoms with Gasteiger partial charge in [0, 0.05) is 4.75 Å². The molecule has 7 nitrogen and oxygen atoms in total. The van der Waals surface area contributed by atoms with Crippen LogP contribution in [0.1, 0.15) is 87.0 Å². The number of nitrogens with zero attached hydrogens (tertiary/aromatic N) is 1. The molecule has 0 unspecified atom stereocenters. The summed E-state index contributed by atoms with van der Waals surface area (Å²) in [6.07, 6.45) is 5.66. The third-order valence-corrected chi connectivity index (χ3v) is 9.39. The number of ether oxygens (including phenoxy) is 1. The fourth-order valence-electron chi connectivity index (χ4n) is 5.76. The van der Waals surface area contributed by atoms with E-state index in [1.165, 1.54) is 23.1 Å². The fraction of sp³-hybridized carbons (Fsp3) is 0.880. The number of unbranched alkanes of at least 4 members (excludes halogenated alkanes) is 1. The standard InChI is InChI=1S/C25H42N2O5S/c1-8-9-12-25(7,32-17-13-15(4)10-11-16(17)14(2)3)23(31)26-18-20(28)27-19(22(29)30)24(5,6)33-21(18)27/h14-19,21H,8-13H2,1-7H3,(H,26,31)(H,29,30)/t15-,16-,17-,18-,19-,21-,25-/m1/s1. The van der Waals surface area contributed by atoms with Gasteiger partial charge in [0.25, 0.3) is 5.91 Å². The Bertz CT molecular complexity index is 772. The Hall–Kier alpha value is -1.28. The van der Waals surface area contributed by atoms with Crippen LogP contribution in [0.15, 0.2) is 0 Å². The molecule has 2 heterocycles. The van der Waals surface area contributed by atoms with E-state index in [9.17, 15) is 19.5 Å². The number of β-lactam (4-membered cyclic amide) rings is 1. The van der Waals surface area contributed by atoms with Crippen LogP contribution in [0.3, 0.4) is 0 Å². The SMILES string of the molecule is CCCC[C@@](C)(O[C@@H]1C[C@H](C)CC[C@@H]1C(C)C)C(=O)N[C@@H]1C(=O)N2[C@@H]1SC(C)(C)[C@H]2C(=O)O. The first kappa shape index (κ1) is 26.3. The molecular weight excluding hydrogens is 440 g/mol. The second-order valence-corrected chi connectivity index (χ2v) is 13.1. The number of hydrogen-bond donors (Lipinski definition) is 2. The third-order valence-electron chi connectivity index (χ3n) is 7.82. The highest BCUT2D eigenvalue weighted by atomic mass is 32.2. The van der Waals surface area contributed by atoms with Crippen molar-refractivity contribution in [3.05, 3.63) is 0 Å². The first-order valence-electron chi connectivity index (χ1n) is 12.5. The van der Waals surface area contributed by atoms with Gasteiger partial charge in [-0.25, -0.2) is 4.79 Å². The summed E-state index contributed by atoms with van der Waals surface area (Å²) in [5.74, 6) is -0.119. The molecule has 188 valence electrons. The van der Waals surface area contributed by atoms with E-state index in [2.05, 4.69) is 33.0 Å². The van der Waals surface area contributed by atoms with Gasteiger partial charge >= 0.3 is 5.97 Å². The molecule has 7 atom stereocenters. The highest BCUT2D eigenvalue weighted by Crippen LogP contribution is 2.51. The minimum Gasteiger partial charge on any atom is -0.480 e. The lowest BCUT2D eigenvalue weighted by Gasteiger charge is -2.46. The number of amides is 2. The molecule has 2 N–H and O–H groups in total. The molecule has 0 aromatic rings. The molecule has 1 saturated carbocycles. The number of carbonyl (C=O) groups excluding carboxylic acids is 2. The van der Waals surface area contributed by atoms with Crippen molar-refractivity contribution in [1.29, 1.82) is 0 Å². The highest BCUT2D eigenvalue weighted by Gasteiger charge is 2.64. The van der Waals surface area contributed by atoms with Crippen LogP contribution in [-0.4, -0.2) is 61.7 Å². The van der Waals surface area contributed by atoms with Crippen LogP contribution in [0.2, 0.25) is 0 Å². The second-order valence-electron chi connectivity index (χ2n) is 11.4. The van der Waals surface area contributed by atoms with Crippen molar-refractivity contribution in [2.24, 2.45) is 17.8 Å². The lowest BCUT2D eigenvalue weighted by Crippen LogP contribution is -2.72.